The number of methoxy groups -OCH3 is 2. The molecule has 0 aliphatic carbocycles. The van der Waals surface area contributed by atoms with Crippen LogP contribution in [0.4, 0.5) is 4.39 Å². The van der Waals surface area contributed by atoms with Crippen LogP contribution in [-0.2, 0) is 4.79 Å². The first-order chi connectivity index (χ1) is 17.5. The fraction of sp³-hybridized carbons (Fsp3) is 0.385. The van der Waals surface area contributed by atoms with E-state index in [1.54, 1.807) is 14.2 Å². The zero-order valence-electron chi connectivity index (χ0n) is 20.6. The Morgan fingerprint density at radius 3 is 2.69 bits per heavy atom. The summed E-state index contributed by atoms with van der Waals surface area (Å²) in [6, 6.07) is 12.3. The molecule has 3 N–H and O–H groups in total. The molecule has 0 spiro atoms. The van der Waals surface area contributed by atoms with Crippen molar-refractivity contribution in [2.75, 3.05) is 14.2 Å². The number of carbonyl (C=O) groups is 1. The number of benzene rings is 2. The normalized spacial score (nSPS) is 22.9. The second-order valence-electron chi connectivity index (χ2n) is 9.15. The smallest absolute Gasteiger partial charge is 0.220 e. The van der Waals surface area contributed by atoms with Crippen LogP contribution in [0.2, 0.25) is 0 Å². The maximum atomic E-state index is 13.3. The number of hydrazine groups is 1. The van der Waals surface area contributed by atoms with Crippen molar-refractivity contribution in [3.63, 3.8) is 0 Å². The summed E-state index contributed by atoms with van der Waals surface area (Å²) < 4.78 is 24.0. The van der Waals surface area contributed by atoms with Crippen molar-refractivity contribution in [1.82, 2.24) is 26.1 Å². The third-order valence-electron chi connectivity index (χ3n) is 6.95. The van der Waals surface area contributed by atoms with E-state index in [1.807, 2.05) is 49.7 Å². The van der Waals surface area contributed by atoms with Crippen LogP contribution in [0, 0.1) is 5.82 Å². The number of nitrogens with one attached hydrogen (secondary N) is 3. The molecule has 3 aliphatic heterocycles. The zero-order chi connectivity index (χ0) is 25.2. The van der Waals surface area contributed by atoms with Crippen LogP contribution in [-0.4, -0.2) is 48.1 Å². The number of amides is 1. The summed E-state index contributed by atoms with van der Waals surface area (Å²) in [6.07, 6.45) is 5.61. The highest BCUT2D eigenvalue weighted by atomic mass is 19.1. The fourth-order valence-corrected chi connectivity index (χ4v) is 4.97. The van der Waals surface area contributed by atoms with Gasteiger partial charge in [-0.15, -0.1) is 0 Å². The number of carbonyl (C=O) groups excluding carboxylic acids is 1. The molecule has 36 heavy (non-hydrogen) atoms. The molecule has 5 rings (SSSR count). The number of hydrogen-bond acceptors (Lipinski definition) is 8. The molecule has 3 heterocycles. The highest BCUT2D eigenvalue weighted by molar-refractivity contribution is 5.89. The van der Waals surface area contributed by atoms with Gasteiger partial charge in [0, 0.05) is 25.2 Å². The molecule has 9 nitrogen and oxygen atoms in total. The van der Waals surface area contributed by atoms with Crippen LogP contribution in [0.5, 0.6) is 11.5 Å². The Morgan fingerprint density at radius 2 is 1.94 bits per heavy atom. The van der Waals surface area contributed by atoms with Gasteiger partial charge in [-0.3, -0.25) is 10.2 Å². The summed E-state index contributed by atoms with van der Waals surface area (Å²) in [6.45, 7) is 1.94. The lowest BCUT2D eigenvalue weighted by atomic mass is 9.99. The van der Waals surface area contributed by atoms with Crippen molar-refractivity contribution < 1.29 is 18.7 Å². The van der Waals surface area contributed by atoms with Crippen LogP contribution in [0.3, 0.4) is 0 Å². The first-order valence-corrected chi connectivity index (χ1v) is 12.1. The maximum absolute atomic E-state index is 13.3. The molecule has 1 saturated heterocycles. The minimum absolute atomic E-state index is 0.0308. The van der Waals surface area contributed by atoms with Gasteiger partial charge in [-0.25, -0.2) is 9.82 Å². The second-order valence-corrected chi connectivity index (χ2v) is 9.15. The van der Waals surface area contributed by atoms with E-state index < -0.39 is 0 Å². The molecule has 0 saturated carbocycles. The Labute approximate surface area is 209 Å². The topological polar surface area (TPSA) is 90.5 Å². The van der Waals surface area contributed by atoms with Crippen molar-refractivity contribution >= 4 is 11.7 Å². The summed E-state index contributed by atoms with van der Waals surface area (Å²) in [5.74, 6) is 1.82. The zero-order valence-corrected chi connectivity index (χ0v) is 20.6. The van der Waals surface area contributed by atoms with Crippen LogP contribution in [0.1, 0.15) is 49.4 Å². The van der Waals surface area contributed by atoms with Crippen molar-refractivity contribution in [3.8, 4) is 11.5 Å². The minimum atomic E-state index is -0.238. The van der Waals surface area contributed by atoms with Crippen LogP contribution in [0.15, 0.2) is 60.0 Å². The van der Waals surface area contributed by atoms with Crippen LogP contribution < -0.4 is 25.6 Å². The van der Waals surface area contributed by atoms with Gasteiger partial charge in [0.1, 0.15) is 17.8 Å². The largest absolute Gasteiger partial charge is 0.493 e. The number of amidine groups is 1. The highest BCUT2D eigenvalue weighted by Gasteiger charge is 2.44. The molecule has 2 aromatic rings. The van der Waals surface area contributed by atoms with Crippen LogP contribution in [0.25, 0.3) is 0 Å². The number of halogens is 1. The van der Waals surface area contributed by atoms with E-state index in [2.05, 4.69) is 31.2 Å². The summed E-state index contributed by atoms with van der Waals surface area (Å²) in [5.41, 5.74) is 8.70. The Balaban J connectivity index is 1.15. The maximum Gasteiger partial charge on any atom is 0.220 e. The van der Waals surface area contributed by atoms with Crippen molar-refractivity contribution in [2.24, 2.45) is 5.10 Å². The highest BCUT2D eigenvalue weighted by Crippen LogP contribution is 2.34. The van der Waals surface area contributed by atoms with Gasteiger partial charge in [0.25, 0.3) is 0 Å². The molecule has 0 radical (unpaired) electrons. The molecule has 1 amide bonds. The molecule has 0 aromatic heterocycles. The third-order valence-corrected chi connectivity index (χ3v) is 6.95. The summed E-state index contributed by atoms with van der Waals surface area (Å²) in [4.78, 5) is 14.8. The molecule has 2 aromatic carbocycles. The molecule has 190 valence electrons. The predicted molar refractivity (Wildman–Crippen MR) is 133 cm³/mol. The van der Waals surface area contributed by atoms with E-state index in [1.165, 1.54) is 12.1 Å². The molecule has 10 heteroatoms. The Bertz CT molecular complexity index is 1170. The van der Waals surface area contributed by atoms with Crippen molar-refractivity contribution in [2.45, 2.75) is 50.5 Å². The third kappa shape index (κ3) is 4.68. The number of fused-ring (bicyclic) bond motifs is 3. The number of rotatable bonds is 8. The van der Waals surface area contributed by atoms with E-state index >= 15 is 0 Å². The summed E-state index contributed by atoms with van der Waals surface area (Å²) >= 11 is 0. The van der Waals surface area contributed by atoms with E-state index in [0.29, 0.717) is 24.3 Å². The van der Waals surface area contributed by atoms with Gasteiger partial charge < -0.3 is 24.7 Å². The number of nitrogens with zero attached hydrogens (tertiary/aromatic N) is 3. The van der Waals surface area contributed by atoms with Gasteiger partial charge >= 0.3 is 0 Å². The number of hydrazone groups is 1. The van der Waals surface area contributed by atoms with Crippen molar-refractivity contribution in [1.29, 1.82) is 0 Å². The van der Waals surface area contributed by atoms with Gasteiger partial charge in [0.15, 0.2) is 11.5 Å². The lowest BCUT2D eigenvalue weighted by Crippen LogP contribution is -2.54. The average Bonchev–Trinajstić information content (AvgIpc) is 3.51. The van der Waals surface area contributed by atoms with Gasteiger partial charge in [-0.2, -0.15) is 5.10 Å². The molecule has 4 atom stereocenters. The van der Waals surface area contributed by atoms with E-state index in [9.17, 15) is 9.18 Å². The van der Waals surface area contributed by atoms with Crippen LogP contribution >= 0.6 is 0 Å². The standard InChI is InChI=1S/C26H31FN6O3/c1-16(18-6-9-22(35-2)23(14-18)36-3)28-25(34)11-10-24-29-30-26-21-15-20(17-4-7-19(27)8-5-17)31-33(21)13-12-32(24)26/h4-9,12-14,16,20-21,26,30-31H,10-11,15H2,1-3H3,(H,28,34)/t16-,20?,21?,26?/m0/s1. The van der Waals surface area contributed by atoms with Crippen molar-refractivity contribution in [3.05, 3.63) is 71.8 Å². The monoisotopic (exact) mass is 494 g/mol. The Morgan fingerprint density at radius 1 is 1.17 bits per heavy atom. The van der Waals surface area contributed by atoms with E-state index in [-0.39, 0.29) is 36.0 Å². The summed E-state index contributed by atoms with van der Waals surface area (Å²) in [7, 11) is 3.18. The van der Waals surface area contributed by atoms with E-state index in [0.717, 1.165) is 23.4 Å². The predicted octanol–water partition coefficient (Wildman–Crippen LogP) is 3.15. The molecular weight excluding hydrogens is 463 g/mol. The number of ether oxygens (including phenoxy) is 2. The Kier molecular flexibility index (Phi) is 6.69. The molecule has 0 bridgehead atoms. The quantitative estimate of drug-likeness (QED) is 0.520. The van der Waals surface area contributed by atoms with Gasteiger partial charge in [0.05, 0.1) is 32.3 Å². The van der Waals surface area contributed by atoms with Gasteiger partial charge in [-0.05, 0) is 48.7 Å². The van der Waals surface area contributed by atoms with Gasteiger partial charge in [-0.1, -0.05) is 18.2 Å². The lowest BCUT2D eigenvalue weighted by molar-refractivity contribution is -0.121. The first-order valence-electron chi connectivity index (χ1n) is 12.1. The number of hydrogen-bond donors (Lipinski definition) is 3. The molecular formula is C26H31FN6O3. The second kappa shape index (κ2) is 10.1. The molecule has 3 unspecified atom stereocenters. The molecule has 3 aliphatic rings. The Hall–Kier alpha value is -3.79. The molecule has 1 fully saturated rings. The minimum Gasteiger partial charge on any atom is -0.493 e. The van der Waals surface area contributed by atoms with Gasteiger partial charge in [0.2, 0.25) is 5.91 Å². The SMILES string of the molecule is COc1ccc([C@H](C)NC(=O)CCC2=NNC3C4CC(c5ccc(F)cc5)NN4C=CN23)cc1OC. The van der Waals surface area contributed by atoms with E-state index in [4.69, 9.17) is 9.47 Å². The average molecular weight is 495 g/mol. The fourth-order valence-electron chi connectivity index (χ4n) is 4.97. The first kappa shape index (κ1) is 23.9. The lowest BCUT2D eigenvalue weighted by Gasteiger charge is -2.37. The summed E-state index contributed by atoms with van der Waals surface area (Å²) in [5, 5.41) is 9.66.